The van der Waals surface area contributed by atoms with Gasteiger partial charge < -0.3 is 9.47 Å². The molecule has 0 aliphatic carbocycles. The number of hydrogen-bond acceptors (Lipinski definition) is 3. The molecule has 0 bridgehead atoms. The molecule has 0 N–H and O–H groups in total. The number of rotatable bonds is 4. The van der Waals surface area contributed by atoms with Crippen molar-refractivity contribution in [1.29, 1.82) is 0 Å². The monoisotopic (exact) mass is 258 g/mol. The maximum absolute atomic E-state index is 11.5. The molecule has 19 heavy (non-hydrogen) atoms. The molecule has 0 spiro atoms. The Morgan fingerprint density at radius 1 is 1.16 bits per heavy atom. The number of carbonyl (C=O) groups excluding carboxylic acids is 1. The second-order valence-corrected chi connectivity index (χ2v) is 4.16. The van der Waals surface area contributed by atoms with Crippen LogP contribution in [0.3, 0.4) is 0 Å². The normalized spacial score (nSPS) is 12.4. The molecule has 0 fully saturated rings. The lowest BCUT2D eigenvalue weighted by Crippen LogP contribution is -2.10. The van der Waals surface area contributed by atoms with Gasteiger partial charge in [0.15, 0.2) is 0 Å². The third kappa shape index (κ3) is 3.35. The van der Waals surface area contributed by atoms with E-state index in [1.165, 1.54) is 7.11 Å². The standard InChI is InChI=1S/C16H16O3/c1-12(16(17)18-2)13-7-6-10-15(11-13)19-14-8-4-3-5-9-14/h3-12H,1-2H3/i3T. The average Bonchev–Trinajstić information content (AvgIpc) is 2.48. The third-order valence-electron chi connectivity index (χ3n) is 2.84. The van der Waals surface area contributed by atoms with Crippen LogP contribution in [0.1, 0.15) is 19.8 Å². The second-order valence-electron chi connectivity index (χ2n) is 4.16. The molecule has 0 aliphatic heterocycles. The first-order valence-electron chi connectivity index (χ1n) is 6.52. The second kappa shape index (κ2) is 6.05. The number of carbonyl (C=O) groups is 1. The van der Waals surface area contributed by atoms with Crippen LogP contribution in [-0.2, 0) is 9.53 Å². The Labute approximate surface area is 114 Å². The Bertz CT molecular complexity index is 593. The molecule has 1 unspecified atom stereocenters. The predicted octanol–water partition coefficient (Wildman–Crippen LogP) is 3.76. The van der Waals surface area contributed by atoms with Crippen LogP contribution >= 0.6 is 0 Å². The van der Waals surface area contributed by atoms with Crippen LogP contribution in [0.15, 0.2) is 54.6 Å². The molecule has 2 aromatic rings. The molecule has 1 atom stereocenters. The fraction of sp³-hybridized carbons (Fsp3) is 0.188. The fourth-order valence-corrected chi connectivity index (χ4v) is 1.74. The zero-order valence-corrected chi connectivity index (χ0v) is 10.9. The summed E-state index contributed by atoms with van der Waals surface area (Å²) in [4.78, 5) is 11.5. The van der Waals surface area contributed by atoms with Crippen LogP contribution in [0.25, 0.3) is 0 Å². The van der Waals surface area contributed by atoms with E-state index in [0.29, 0.717) is 17.5 Å². The maximum atomic E-state index is 11.5. The van der Waals surface area contributed by atoms with Crippen molar-refractivity contribution in [3.05, 3.63) is 60.1 Å². The largest absolute Gasteiger partial charge is 0.469 e. The SMILES string of the molecule is [3H]c1ccc(Oc2cccc(C(C)C(=O)OC)c2)cc1. The smallest absolute Gasteiger partial charge is 0.312 e. The summed E-state index contributed by atoms with van der Waals surface area (Å²) in [5.41, 5.74) is 0.839. The van der Waals surface area contributed by atoms with E-state index >= 15 is 0 Å². The number of esters is 1. The van der Waals surface area contributed by atoms with Gasteiger partial charge in [-0.2, -0.15) is 0 Å². The van der Waals surface area contributed by atoms with Crippen LogP contribution in [0.2, 0.25) is 0 Å². The first-order chi connectivity index (χ1) is 9.60. The molecule has 0 aromatic heterocycles. The van der Waals surface area contributed by atoms with Gasteiger partial charge in [-0.25, -0.2) is 0 Å². The Morgan fingerprint density at radius 2 is 1.84 bits per heavy atom. The lowest BCUT2D eigenvalue weighted by atomic mass is 10.0. The quantitative estimate of drug-likeness (QED) is 0.783. The summed E-state index contributed by atoms with van der Waals surface area (Å²) < 4.78 is 17.9. The molecule has 0 saturated heterocycles. The van der Waals surface area contributed by atoms with E-state index < -0.39 is 0 Å². The first-order valence-corrected chi connectivity index (χ1v) is 6.02. The van der Waals surface area contributed by atoms with Gasteiger partial charge in [-0.05, 0) is 36.8 Å². The van der Waals surface area contributed by atoms with Crippen molar-refractivity contribution in [2.24, 2.45) is 0 Å². The first kappa shape index (κ1) is 11.8. The van der Waals surface area contributed by atoms with Crippen LogP contribution in [0.4, 0.5) is 0 Å². The van der Waals surface area contributed by atoms with E-state index in [2.05, 4.69) is 0 Å². The summed E-state index contributed by atoms with van der Waals surface area (Å²) in [6.45, 7) is 1.79. The number of hydrogen-bond donors (Lipinski definition) is 0. The summed E-state index contributed by atoms with van der Waals surface area (Å²) in [6, 6.07) is 14.6. The van der Waals surface area contributed by atoms with E-state index in [9.17, 15) is 4.79 Å². The van der Waals surface area contributed by atoms with Crippen molar-refractivity contribution in [2.75, 3.05) is 7.11 Å². The highest BCUT2D eigenvalue weighted by atomic mass is 16.5. The zero-order chi connectivity index (χ0) is 14.5. The van der Waals surface area contributed by atoms with Crippen LogP contribution in [-0.4, -0.2) is 13.1 Å². The van der Waals surface area contributed by atoms with Gasteiger partial charge in [0.05, 0.1) is 14.4 Å². The van der Waals surface area contributed by atoms with E-state index in [0.717, 1.165) is 5.56 Å². The lowest BCUT2D eigenvalue weighted by molar-refractivity contribution is -0.141. The molecule has 2 aromatic carbocycles. The van der Waals surface area contributed by atoms with Crippen LogP contribution in [0.5, 0.6) is 11.5 Å². The van der Waals surface area contributed by atoms with Crippen molar-refractivity contribution in [3.8, 4) is 11.5 Å². The van der Waals surface area contributed by atoms with Crippen LogP contribution < -0.4 is 4.74 Å². The van der Waals surface area contributed by atoms with E-state index in [1.54, 1.807) is 31.2 Å². The summed E-state index contributed by atoms with van der Waals surface area (Å²) in [5.74, 6) is 0.694. The topological polar surface area (TPSA) is 35.5 Å². The molecule has 0 aliphatic rings. The molecule has 0 heterocycles. The maximum Gasteiger partial charge on any atom is 0.312 e. The highest BCUT2D eigenvalue weighted by Gasteiger charge is 2.15. The molecule has 3 nitrogen and oxygen atoms in total. The van der Waals surface area contributed by atoms with E-state index in [4.69, 9.17) is 10.8 Å². The minimum Gasteiger partial charge on any atom is -0.469 e. The summed E-state index contributed by atoms with van der Waals surface area (Å²) >= 11 is 0. The average molecular weight is 258 g/mol. The molecule has 2 rings (SSSR count). The van der Waals surface area contributed by atoms with Crippen molar-refractivity contribution in [1.82, 2.24) is 0 Å². The minimum absolute atomic E-state index is 0.277. The van der Waals surface area contributed by atoms with E-state index in [1.807, 2.05) is 24.3 Å². The van der Waals surface area contributed by atoms with Crippen molar-refractivity contribution < 1.29 is 15.6 Å². The van der Waals surface area contributed by atoms with Gasteiger partial charge in [-0.3, -0.25) is 4.79 Å². The Morgan fingerprint density at radius 3 is 2.53 bits per heavy atom. The molecule has 0 amide bonds. The Kier molecular flexibility index (Phi) is 3.75. The van der Waals surface area contributed by atoms with Gasteiger partial charge in [0.25, 0.3) is 0 Å². The molecule has 0 saturated carbocycles. The van der Waals surface area contributed by atoms with Gasteiger partial charge in [0.1, 0.15) is 11.5 Å². The molecule has 98 valence electrons. The van der Waals surface area contributed by atoms with Gasteiger partial charge in [0, 0.05) is 0 Å². The minimum atomic E-state index is -0.334. The van der Waals surface area contributed by atoms with Crippen LogP contribution in [0, 0.1) is 0 Å². The molecular formula is C16H16O3. The summed E-state index contributed by atoms with van der Waals surface area (Å²) in [6.07, 6.45) is 0. The molecule has 3 heteroatoms. The number of para-hydroxylation sites is 1. The summed E-state index contributed by atoms with van der Waals surface area (Å²) in [7, 11) is 1.38. The highest BCUT2D eigenvalue weighted by Crippen LogP contribution is 2.25. The molecule has 0 radical (unpaired) electrons. The van der Waals surface area contributed by atoms with Crippen molar-refractivity contribution in [2.45, 2.75) is 12.8 Å². The number of benzene rings is 2. The Hall–Kier alpha value is -2.29. The van der Waals surface area contributed by atoms with Gasteiger partial charge in [-0.1, -0.05) is 30.3 Å². The zero-order valence-electron chi connectivity index (χ0n) is 11.9. The predicted molar refractivity (Wildman–Crippen MR) is 73.4 cm³/mol. The number of ether oxygens (including phenoxy) is 2. The van der Waals surface area contributed by atoms with Gasteiger partial charge in [-0.15, -0.1) is 0 Å². The molecular weight excluding hydrogens is 240 g/mol. The third-order valence-corrected chi connectivity index (χ3v) is 2.84. The van der Waals surface area contributed by atoms with E-state index in [-0.39, 0.29) is 11.9 Å². The van der Waals surface area contributed by atoms with Crippen molar-refractivity contribution in [3.63, 3.8) is 0 Å². The lowest BCUT2D eigenvalue weighted by Gasteiger charge is -2.11. The van der Waals surface area contributed by atoms with Gasteiger partial charge in [0.2, 0.25) is 0 Å². The Balaban J connectivity index is 2.17. The summed E-state index contributed by atoms with van der Waals surface area (Å²) in [5, 5.41) is 0. The fourth-order valence-electron chi connectivity index (χ4n) is 1.74. The number of methoxy groups -OCH3 is 1. The highest BCUT2D eigenvalue weighted by molar-refractivity contribution is 5.77. The van der Waals surface area contributed by atoms with Crippen molar-refractivity contribution >= 4 is 5.97 Å². The van der Waals surface area contributed by atoms with Gasteiger partial charge >= 0.3 is 5.97 Å².